The maximum atomic E-state index is 11.5. The van der Waals surface area contributed by atoms with Gasteiger partial charge < -0.3 is 19.3 Å². The minimum Gasteiger partial charge on any atom is -0.497 e. The van der Waals surface area contributed by atoms with Crippen LogP contribution in [0.4, 0.5) is 5.95 Å². The summed E-state index contributed by atoms with van der Waals surface area (Å²) in [6.07, 6.45) is 9.71. The number of methoxy groups -OCH3 is 1. The van der Waals surface area contributed by atoms with Crippen LogP contribution in [0.1, 0.15) is 40.4 Å². The molecule has 0 bridgehead atoms. The molecule has 12 heteroatoms. The molecule has 40 heavy (non-hydrogen) atoms. The molecule has 1 aliphatic heterocycles. The number of piperidine rings is 1. The van der Waals surface area contributed by atoms with Gasteiger partial charge in [-0.25, -0.2) is 4.79 Å². The van der Waals surface area contributed by atoms with Gasteiger partial charge in [-0.05, 0) is 60.3 Å². The number of hydrogen-bond acceptors (Lipinski definition) is 9. The van der Waals surface area contributed by atoms with Crippen LogP contribution in [0, 0.1) is 17.8 Å². The van der Waals surface area contributed by atoms with Gasteiger partial charge in [0.1, 0.15) is 22.2 Å². The molecule has 3 aliphatic rings. The maximum absolute atomic E-state index is 11.5. The van der Waals surface area contributed by atoms with Crippen LogP contribution in [0.3, 0.4) is 0 Å². The fraction of sp³-hybridized carbons (Fsp3) is 0.321. The van der Waals surface area contributed by atoms with Crippen molar-refractivity contribution in [1.29, 1.82) is 0 Å². The summed E-state index contributed by atoms with van der Waals surface area (Å²) in [7, 11) is 1.51. The van der Waals surface area contributed by atoms with Gasteiger partial charge in [-0.15, -0.1) is 0 Å². The van der Waals surface area contributed by atoms with E-state index in [9.17, 15) is 9.90 Å². The molecular weight excluding hydrogens is 573 g/mol. The predicted molar refractivity (Wildman–Crippen MR) is 152 cm³/mol. The number of rotatable bonds is 8. The van der Waals surface area contributed by atoms with Crippen LogP contribution in [-0.4, -0.2) is 50.8 Å². The third kappa shape index (κ3) is 4.53. The fourth-order valence-electron chi connectivity index (χ4n) is 5.58. The van der Waals surface area contributed by atoms with E-state index < -0.39 is 5.97 Å². The van der Waals surface area contributed by atoms with E-state index >= 15 is 0 Å². The van der Waals surface area contributed by atoms with Crippen LogP contribution in [0.25, 0.3) is 27.9 Å². The number of benzene rings is 1. The first-order valence-electron chi connectivity index (χ1n) is 12.9. The van der Waals surface area contributed by atoms with Crippen molar-refractivity contribution in [2.45, 2.75) is 18.8 Å². The summed E-state index contributed by atoms with van der Waals surface area (Å²) in [6.45, 7) is 1.73. The van der Waals surface area contributed by atoms with Gasteiger partial charge in [-0.3, -0.25) is 4.98 Å². The SMILES string of the molecule is COc1cc(C(=O)O)cc(-c2nc(N3CC4C(C=Cc5c(-c6c(Cl)cncc6Cl)noc5C5CC5)C4C3)ns2)c1. The molecule has 204 valence electrons. The number of anilines is 1. The molecule has 3 aromatic heterocycles. The van der Waals surface area contributed by atoms with Crippen LogP contribution >= 0.6 is 34.7 Å². The summed E-state index contributed by atoms with van der Waals surface area (Å²) < 4.78 is 15.6. The second kappa shape index (κ2) is 9.87. The number of aromatic nitrogens is 4. The molecule has 2 atom stereocenters. The topological polar surface area (TPSA) is 114 Å². The Kier molecular flexibility index (Phi) is 6.29. The van der Waals surface area contributed by atoms with Crippen LogP contribution in [0.5, 0.6) is 5.75 Å². The van der Waals surface area contributed by atoms with Crippen molar-refractivity contribution in [1.82, 2.24) is 19.5 Å². The van der Waals surface area contributed by atoms with Gasteiger partial charge in [0.05, 0.1) is 22.7 Å². The molecule has 2 saturated carbocycles. The molecule has 0 spiro atoms. The van der Waals surface area contributed by atoms with Crippen LogP contribution in [-0.2, 0) is 0 Å². The number of carboxylic acid groups (broad SMARTS) is 1. The largest absolute Gasteiger partial charge is 0.497 e. The number of ether oxygens (including phenoxy) is 1. The zero-order valence-electron chi connectivity index (χ0n) is 21.3. The van der Waals surface area contributed by atoms with Gasteiger partial charge in [0.2, 0.25) is 5.95 Å². The third-order valence-electron chi connectivity index (χ3n) is 7.87. The average Bonchev–Trinajstić information content (AvgIpc) is 3.68. The zero-order valence-corrected chi connectivity index (χ0v) is 23.6. The van der Waals surface area contributed by atoms with E-state index in [0.717, 1.165) is 37.3 Å². The van der Waals surface area contributed by atoms with E-state index in [1.165, 1.54) is 24.7 Å². The highest BCUT2D eigenvalue weighted by atomic mass is 35.5. The van der Waals surface area contributed by atoms with Crippen molar-refractivity contribution in [3.05, 3.63) is 63.6 Å². The van der Waals surface area contributed by atoms with Crippen molar-refractivity contribution in [3.63, 3.8) is 0 Å². The summed E-state index contributed by atoms with van der Waals surface area (Å²) in [5, 5.41) is 15.3. The number of allylic oxidation sites excluding steroid dienone is 1. The lowest BCUT2D eigenvalue weighted by Crippen LogP contribution is -2.24. The summed E-state index contributed by atoms with van der Waals surface area (Å²) >= 11 is 14.1. The zero-order chi connectivity index (χ0) is 27.5. The van der Waals surface area contributed by atoms with Gasteiger partial charge in [-0.1, -0.05) is 40.5 Å². The molecular formula is C28H23Cl2N5O4S. The van der Waals surface area contributed by atoms with Gasteiger partial charge in [0.15, 0.2) is 0 Å². The van der Waals surface area contributed by atoms with Crippen molar-refractivity contribution < 1.29 is 19.2 Å². The Morgan fingerprint density at radius 3 is 2.60 bits per heavy atom. The molecule has 4 aromatic rings. The summed E-state index contributed by atoms with van der Waals surface area (Å²) in [5.41, 5.74) is 3.08. The maximum Gasteiger partial charge on any atom is 0.335 e. The van der Waals surface area contributed by atoms with Gasteiger partial charge in [0.25, 0.3) is 0 Å². The first kappa shape index (κ1) is 25.5. The number of fused-ring (bicyclic) bond motifs is 1. The molecule has 9 nitrogen and oxygen atoms in total. The average molecular weight is 596 g/mol. The molecule has 2 aliphatic carbocycles. The molecule has 4 heterocycles. The van der Waals surface area contributed by atoms with E-state index in [1.807, 2.05) is 0 Å². The Morgan fingerprint density at radius 1 is 1.18 bits per heavy atom. The highest BCUT2D eigenvalue weighted by molar-refractivity contribution is 7.09. The molecule has 0 amide bonds. The minimum absolute atomic E-state index is 0.150. The van der Waals surface area contributed by atoms with Crippen molar-refractivity contribution >= 4 is 52.7 Å². The molecule has 0 radical (unpaired) electrons. The molecule has 2 unspecified atom stereocenters. The predicted octanol–water partition coefficient (Wildman–Crippen LogP) is 6.54. The molecule has 7 rings (SSSR count). The van der Waals surface area contributed by atoms with Crippen molar-refractivity contribution in [2.24, 2.45) is 17.8 Å². The van der Waals surface area contributed by atoms with Gasteiger partial charge in [0, 0.05) is 48.1 Å². The second-order valence-corrected chi connectivity index (χ2v) is 12.0. The highest BCUT2D eigenvalue weighted by Crippen LogP contribution is 2.54. The van der Waals surface area contributed by atoms with Crippen LogP contribution in [0.15, 0.2) is 41.2 Å². The smallest absolute Gasteiger partial charge is 0.335 e. The van der Waals surface area contributed by atoms with Crippen molar-refractivity contribution in [2.75, 3.05) is 25.1 Å². The van der Waals surface area contributed by atoms with Gasteiger partial charge in [-0.2, -0.15) is 9.36 Å². The van der Waals surface area contributed by atoms with Gasteiger partial charge >= 0.3 is 5.97 Å². The first-order chi connectivity index (χ1) is 19.4. The molecule has 1 N–H and O–H groups in total. The highest BCUT2D eigenvalue weighted by Gasteiger charge is 2.55. The number of halogens is 2. The summed E-state index contributed by atoms with van der Waals surface area (Å²) in [4.78, 5) is 22.5. The summed E-state index contributed by atoms with van der Waals surface area (Å²) in [5.74, 6) is 2.88. The Hall–Kier alpha value is -3.47. The monoisotopic (exact) mass is 595 g/mol. The van der Waals surface area contributed by atoms with E-state index in [0.29, 0.717) is 67.2 Å². The Balaban J connectivity index is 1.07. The minimum atomic E-state index is -1.02. The number of aromatic carboxylic acids is 1. The lowest BCUT2D eigenvalue weighted by atomic mass is 10.0. The fourth-order valence-corrected chi connectivity index (χ4v) is 6.80. The lowest BCUT2D eigenvalue weighted by molar-refractivity contribution is 0.0696. The summed E-state index contributed by atoms with van der Waals surface area (Å²) in [6, 6.07) is 4.87. The lowest BCUT2D eigenvalue weighted by Gasteiger charge is -2.16. The third-order valence-corrected chi connectivity index (χ3v) is 9.20. The molecule has 1 aromatic carbocycles. The Bertz CT molecular complexity index is 1630. The van der Waals surface area contributed by atoms with E-state index in [1.54, 1.807) is 24.5 Å². The quantitative estimate of drug-likeness (QED) is 0.242. The number of carbonyl (C=O) groups is 1. The molecule has 3 fully saturated rings. The Morgan fingerprint density at radius 2 is 1.93 bits per heavy atom. The molecule has 1 saturated heterocycles. The van der Waals surface area contributed by atoms with E-state index in [4.69, 9.17) is 37.4 Å². The van der Waals surface area contributed by atoms with Crippen LogP contribution < -0.4 is 9.64 Å². The normalized spacial score (nSPS) is 21.7. The Labute approximate surface area is 243 Å². The van der Waals surface area contributed by atoms with Crippen LogP contribution in [0.2, 0.25) is 10.0 Å². The van der Waals surface area contributed by atoms with Crippen molar-refractivity contribution in [3.8, 4) is 27.6 Å². The number of nitrogens with zero attached hydrogens (tertiary/aromatic N) is 5. The van der Waals surface area contributed by atoms with E-state index in [-0.39, 0.29) is 5.56 Å². The standard InChI is InChI=1S/C28H23Cl2N5O4S/c1-38-16-7-14(6-15(8-16)27(36)37)26-32-28(34-40-26)35-11-19-17(20(19)12-35)4-5-18-24(33-39-25(18)13-2-3-13)23-21(29)9-31-10-22(23)30/h4-10,13,17,19-20H,2-3,11-12H2,1H3,(H,36,37). The second-order valence-electron chi connectivity index (χ2n) is 10.4. The first-order valence-corrected chi connectivity index (χ1v) is 14.4. The number of carboxylic acids is 1. The number of pyridine rings is 1. The number of hydrogen-bond donors (Lipinski definition) is 1. The van der Waals surface area contributed by atoms with E-state index in [2.05, 4.69) is 31.6 Å².